The molecule has 0 fully saturated rings. The van der Waals surface area contributed by atoms with E-state index in [-0.39, 0.29) is 0 Å². The SMILES string of the molecule is C=CCn1c2ccc(C=C)cc2c2cc(C=C)ccc21. The molecule has 1 nitrogen and oxygen atoms in total. The fourth-order valence-corrected chi connectivity index (χ4v) is 2.72. The van der Waals surface area contributed by atoms with Crippen molar-refractivity contribution in [3.05, 3.63) is 73.3 Å². The van der Waals surface area contributed by atoms with Crippen LogP contribution in [0.1, 0.15) is 11.1 Å². The van der Waals surface area contributed by atoms with Gasteiger partial charge >= 0.3 is 0 Å². The van der Waals surface area contributed by atoms with E-state index in [0.29, 0.717) is 0 Å². The largest absolute Gasteiger partial charge is 0.337 e. The molecular formula is C19H17N. The molecule has 3 rings (SSSR count). The lowest BCUT2D eigenvalue weighted by Gasteiger charge is -2.03. The number of aromatic nitrogens is 1. The molecule has 0 spiro atoms. The highest BCUT2D eigenvalue weighted by molar-refractivity contribution is 6.09. The number of fused-ring (bicyclic) bond motifs is 3. The Labute approximate surface area is 119 Å². The predicted molar refractivity (Wildman–Crippen MR) is 89.8 cm³/mol. The van der Waals surface area contributed by atoms with Crippen LogP contribution >= 0.6 is 0 Å². The summed E-state index contributed by atoms with van der Waals surface area (Å²) in [5, 5.41) is 2.51. The fourth-order valence-electron chi connectivity index (χ4n) is 2.72. The predicted octanol–water partition coefficient (Wildman–Crippen LogP) is 5.27. The Morgan fingerprint density at radius 3 is 1.70 bits per heavy atom. The Morgan fingerprint density at radius 2 is 1.30 bits per heavy atom. The quantitative estimate of drug-likeness (QED) is 0.563. The van der Waals surface area contributed by atoms with Gasteiger partial charge in [-0.3, -0.25) is 0 Å². The molecule has 3 aromatic rings. The molecule has 1 heterocycles. The van der Waals surface area contributed by atoms with Gasteiger partial charge in [-0.2, -0.15) is 0 Å². The molecule has 0 aliphatic carbocycles. The average molecular weight is 259 g/mol. The van der Waals surface area contributed by atoms with Crippen molar-refractivity contribution in [3.63, 3.8) is 0 Å². The van der Waals surface area contributed by atoms with E-state index in [1.807, 2.05) is 18.2 Å². The lowest BCUT2D eigenvalue weighted by molar-refractivity contribution is 0.901. The second-order valence-corrected chi connectivity index (χ2v) is 4.86. The third kappa shape index (κ3) is 1.79. The van der Waals surface area contributed by atoms with Gasteiger partial charge in [0.25, 0.3) is 0 Å². The van der Waals surface area contributed by atoms with Crippen LogP contribution in [0.15, 0.2) is 62.2 Å². The Morgan fingerprint density at radius 1 is 0.800 bits per heavy atom. The zero-order chi connectivity index (χ0) is 14.1. The minimum absolute atomic E-state index is 0.806. The van der Waals surface area contributed by atoms with Crippen LogP contribution in [0.3, 0.4) is 0 Å². The van der Waals surface area contributed by atoms with Crippen molar-refractivity contribution >= 4 is 34.0 Å². The third-order valence-corrected chi connectivity index (χ3v) is 3.70. The van der Waals surface area contributed by atoms with Gasteiger partial charge in [-0.25, -0.2) is 0 Å². The van der Waals surface area contributed by atoms with Gasteiger partial charge in [0, 0.05) is 28.4 Å². The summed E-state index contributed by atoms with van der Waals surface area (Å²) in [6.07, 6.45) is 5.70. The molecule has 0 N–H and O–H groups in total. The van der Waals surface area contributed by atoms with Crippen molar-refractivity contribution in [2.75, 3.05) is 0 Å². The molecule has 0 aliphatic rings. The van der Waals surface area contributed by atoms with Crippen molar-refractivity contribution in [2.24, 2.45) is 0 Å². The van der Waals surface area contributed by atoms with Gasteiger partial charge in [0.05, 0.1) is 0 Å². The van der Waals surface area contributed by atoms with Crippen LogP contribution in [0.4, 0.5) is 0 Å². The van der Waals surface area contributed by atoms with Gasteiger partial charge in [0.1, 0.15) is 0 Å². The molecule has 0 amide bonds. The van der Waals surface area contributed by atoms with Crippen LogP contribution in [0.25, 0.3) is 34.0 Å². The molecule has 0 radical (unpaired) electrons. The van der Waals surface area contributed by atoms with Crippen molar-refractivity contribution in [1.29, 1.82) is 0 Å². The first kappa shape index (κ1) is 12.5. The Kier molecular flexibility index (Phi) is 3.03. The molecule has 0 atom stereocenters. The van der Waals surface area contributed by atoms with E-state index in [1.54, 1.807) is 0 Å². The second kappa shape index (κ2) is 4.86. The number of benzene rings is 2. The summed E-state index contributed by atoms with van der Waals surface area (Å²) in [4.78, 5) is 0. The lowest BCUT2D eigenvalue weighted by atomic mass is 10.1. The second-order valence-electron chi connectivity index (χ2n) is 4.86. The van der Waals surface area contributed by atoms with E-state index in [2.05, 4.69) is 60.7 Å². The van der Waals surface area contributed by atoms with Crippen molar-refractivity contribution in [1.82, 2.24) is 4.57 Å². The smallest absolute Gasteiger partial charge is 0.0494 e. The highest BCUT2D eigenvalue weighted by Crippen LogP contribution is 2.31. The zero-order valence-corrected chi connectivity index (χ0v) is 11.5. The van der Waals surface area contributed by atoms with Gasteiger partial charge in [0.15, 0.2) is 0 Å². The number of hydrogen-bond acceptors (Lipinski definition) is 0. The molecule has 0 unspecified atom stereocenters. The van der Waals surface area contributed by atoms with E-state index in [0.717, 1.165) is 17.7 Å². The standard InChI is InChI=1S/C19H17N/c1-4-11-20-18-9-7-14(5-2)12-16(18)17-13-15(6-3)8-10-19(17)20/h4-10,12-13H,1-3,11H2. The van der Waals surface area contributed by atoms with E-state index in [9.17, 15) is 0 Å². The topological polar surface area (TPSA) is 4.93 Å². The van der Waals surface area contributed by atoms with E-state index < -0.39 is 0 Å². The van der Waals surface area contributed by atoms with Gasteiger partial charge < -0.3 is 4.57 Å². The Balaban J connectivity index is 2.47. The highest BCUT2D eigenvalue weighted by Gasteiger charge is 2.10. The van der Waals surface area contributed by atoms with Gasteiger partial charge in [-0.1, -0.05) is 43.5 Å². The fraction of sp³-hybridized carbons (Fsp3) is 0.0526. The number of rotatable bonds is 4. The van der Waals surface area contributed by atoms with Crippen LogP contribution in [-0.2, 0) is 6.54 Å². The molecule has 2 aromatic carbocycles. The zero-order valence-electron chi connectivity index (χ0n) is 11.5. The number of allylic oxidation sites excluding steroid dienone is 1. The van der Waals surface area contributed by atoms with Crippen molar-refractivity contribution in [3.8, 4) is 0 Å². The van der Waals surface area contributed by atoms with E-state index >= 15 is 0 Å². The first-order valence-electron chi connectivity index (χ1n) is 6.70. The summed E-state index contributed by atoms with van der Waals surface area (Å²) >= 11 is 0. The molecule has 20 heavy (non-hydrogen) atoms. The van der Waals surface area contributed by atoms with Crippen LogP contribution < -0.4 is 0 Å². The minimum atomic E-state index is 0.806. The van der Waals surface area contributed by atoms with Crippen molar-refractivity contribution < 1.29 is 0 Å². The summed E-state index contributed by atoms with van der Waals surface area (Å²) in [7, 11) is 0. The Hall–Kier alpha value is -2.54. The molecule has 0 bridgehead atoms. The number of nitrogens with zero attached hydrogens (tertiary/aromatic N) is 1. The van der Waals surface area contributed by atoms with Gasteiger partial charge in [0.2, 0.25) is 0 Å². The van der Waals surface area contributed by atoms with E-state index in [4.69, 9.17) is 0 Å². The summed E-state index contributed by atoms with van der Waals surface area (Å²) in [5.41, 5.74) is 4.73. The monoisotopic (exact) mass is 259 g/mol. The van der Waals surface area contributed by atoms with Crippen LogP contribution in [0.2, 0.25) is 0 Å². The maximum atomic E-state index is 3.86. The first-order chi connectivity index (χ1) is 9.78. The van der Waals surface area contributed by atoms with E-state index in [1.165, 1.54) is 21.8 Å². The number of hydrogen-bond donors (Lipinski definition) is 0. The molecule has 98 valence electrons. The molecule has 1 heteroatoms. The lowest BCUT2D eigenvalue weighted by Crippen LogP contribution is -1.93. The third-order valence-electron chi connectivity index (χ3n) is 3.70. The molecule has 0 saturated heterocycles. The molecule has 0 aliphatic heterocycles. The van der Waals surface area contributed by atoms with Crippen LogP contribution in [0.5, 0.6) is 0 Å². The van der Waals surface area contributed by atoms with Gasteiger partial charge in [-0.05, 0) is 35.4 Å². The summed E-state index contributed by atoms with van der Waals surface area (Å²) < 4.78 is 2.29. The molecular weight excluding hydrogens is 242 g/mol. The summed E-state index contributed by atoms with van der Waals surface area (Å²) in [6.45, 7) is 12.4. The Bertz CT molecular complexity index is 768. The molecule has 1 aromatic heterocycles. The average Bonchev–Trinajstić information content (AvgIpc) is 2.80. The maximum Gasteiger partial charge on any atom is 0.0494 e. The minimum Gasteiger partial charge on any atom is -0.337 e. The molecule has 0 saturated carbocycles. The normalized spacial score (nSPS) is 10.8. The first-order valence-corrected chi connectivity index (χ1v) is 6.70. The van der Waals surface area contributed by atoms with Crippen LogP contribution in [-0.4, -0.2) is 4.57 Å². The van der Waals surface area contributed by atoms with Crippen LogP contribution in [0, 0.1) is 0 Å². The highest BCUT2D eigenvalue weighted by atomic mass is 15.0. The van der Waals surface area contributed by atoms with Crippen molar-refractivity contribution in [2.45, 2.75) is 6.54 Å². The maximum absolute atomic E-state index is 3.86. The summed E-state index contributed by atoms with van der Waals surface area (Å²) in [6, 6.07) is 12.9. The summed E-state index contributed by atoms with van der Waals surface area (Å²) in [5.74, 6) is 0. The van der Waals surface area contributed by atoms with Gasteiger partial charge in [-0.15, -0.1) is 6.58 Å².